The van der Waals surface area contributed by atoms with Crippen LogP contribution in [0.25, 0.3) is 0 Å². The normalized spacial score (nSPS) is 13.3. The number of benzene rings is 2. The molecule has 3 rings (SSSR count). The van der Waals surface area contributed by atoms with Crippen molar-refractivity contribution in [3.63, 3.8) is 0 Å². The van der Waals surface area contributed by atoms with E-state index in [2.05, 4.69) is 22.4 Å². The predicted octanol–water partition coefficient (Wildman–Crippen LogP) is 3.25. The number of halogens is 1. The van der Waals surface area contributed by atoms with Crippen LogP contribution in [0.3, 0.4) is 0 Å². The van der Waals surface area contributed by atoms with Gasteiger partial charge in [-0.25, -0.2) is 0 Å². The van der Waals surface area contributed by atoms with Gasteiger partial charge in [-0.1, -0.05) is 23.7 Å². The SMILES string of the molecule is COc1ccc(NC(N)=NCCc2ccc3c(c2)CCO3)cc1Cl. The number of nitrogens with two attached hydrogens (primary N) is 1. The molecule has 0 aliphatic carbocycles. The first kappa shape index (κ1) is 16.5. The zero-order valence-corrected chi connectivity index (χ0v) is 14.3. The third-order valence-corrected chi connectivity index (χ3v) is 4.16. The molecule has 126 valence electrons. The molecule has 0 fully saturated rings. The molecule has 0 bridgehead atoms. The summed E-state index contributed by atoms with van der Waals surface area (Å²) < 4.78 is 10.6. The lowest BCUT2D eigenvalue weighted by molar-refractivity contribution is 0.357. The van der Waals surface area contributed by atoms with E-state index in [9.17, 15) is 0 Å². The van der Waals surface area contributed by atoms with Crippen molar-refractivity contribution in [2.45, 2.75) is 12.8 Å². The molecule has 0 saturated carbocycles. The Morgan fingerprint density at radius 1 is 1.33 bits per heavy atom. The largest absolute Gasteiger partial charge is 0.495 e. The first-order valence-electron chi connectivity index (χ1n) is 7.81. The number of guanidine groups is 1. The quantitative estimate of drug-likeness (QED) is 0.644. The lowest BCUT2D eigenvalue weighted by Crippen LogP contribution is -2.23. The van der Waals surface area contributed by atoms with Crippen LogP contribution in [0.5, 0.6) is 11.5 Å². The molecule has 0 radical (unpaired) electrons. The predicted molar refractivity (Wildman–Crippen MR) is 97.5 cm³/mol. The first-order valence-corrected chi connectivity index (χ1v) is 8.18. The highest BCUT2D eigenvalue weighted by Crippen LogP contribution is 2.27. The van der Waals surface area contributed by atoms with Crippen LogP contribution < -0.4 is 20.5 Å². The molecule has 0 amide bonds. The summed E-state index contributed by atoms with van der Waals surface area (Å²) in [4.78, 5) is 4.36. The van der Waals surface area contributed by atoms with E-state index in [0.29, 0.717) is 23.3 Å². The number of aliphatic imine (C=N–C) groups is 1. The van der Waals surface area contributed by atoms with Gasteiger partial charge in [0.2, 0.25) is 0 Å². The fraction of sp³-hybridized carbons (Fsp3) is 0.278. The molecule has 0 aromatic heterocycles. The molecule has 2 aromatic rings. The van der Waals surface area contributed by atoms with Crippen LogP contribution in [0.2, 0.25) is 5.02 Å². The van der Waals surface area contributed by atoms with Gasteiger partial charge in [-0.05, 0) is 41.8 Å². The van der Waals surface area contributed by atoms with E-state index in [-0.39, 0.29) is 0 Å². The minimum absolute atomic E-state index is 0.362. The highest BCUT2D eigenvalue weighted by Gasteiger charge is 2.11. The van der Waals surface area contributed by atoms with Crippen molar-refractivity contribution in [3.8, 4) is 11.5 Å². The third kappa shape index (κ3) is 3.92. The number of nitrogens with zero attached hydrogens (tertiary/aromatic N) is 1. The van der Waals surface area contributed by atoms with Crippen molar-refractivity contribution >= 4 is 23.2 Å². The Balaban J connectivity index is 1.55. The lowest BCUT2D eigenvalue weighted by atomic mass is 10.1. The first-order chi connectivity index (χ1) is 11.7. The van der Waals surface area contributed by atoms with Gasteiger partial charge in [-0.2, -0.15) is 0 Å². The Morgan fingerprint density at radius 2 is 2.21 bits per heavy atom. The molecule has 1 heterocycles. The summed E-state index contributed by atoms with van der Waals surface area (Å²) in [5.41, 5.74) is 9.21. The summed E-state index contributed by atoms with van der Waals surface area (Å²) in [5, 5.41) is 3.55. The molecular weight excluding hydrogens is 326 g/mol. The summed E-state index contributed by atoms with van der Waals surface area (Å²) in [6.45, 7) is 1.39. The van der Waals surface area contributed by atoms with Gasteiger partial charge in [-0.3, -0.25) is 4.99 Å². The van der Waals surface area contributed by atoms with Crippen molar-refractivity contribution < 1.29 is 9.47 Å². The minimum atomic E-state index is 0.362. The molecule has 1 aliphatic heterocycles. The number of ether oxygens (including phenoxy) is 2. The van der Waals surface area contributed by atoms with Gasteiger partial charge in [0, 0.05) is 18.7 Å². The van der Waals surface area contributed by atoms with Gasteiger partial charge in [0.25, 0.3) is 0 Å². The average Bonchev–Trinajstić information content (AvgIpc) is 3.03. The molecular formula is C18H20ClN3O2. The maximum Gasteiger partial charge on any atom is 0.193 e. The van der Waals surface area contributed by atoms with Gasteiger partial charge < -0.3 is 20.5 Å². The number of hydrogen-bond acceptors (Lipinski definition) is 3. The molecule has 2 aromatic carbocycles. The van der Waals surface area contributed by atoms with Crippen LogP contribution in [-0.2, 0) is 12.8 Å². The fourth-order valence-corrected chi connectivity index (χ4v) is 2.89. The Labute approximate surface area is 146 Å². The van der Waals surface area contributed by atoms with Crippen LogP contribution in [0.15, 0.2) is 41.4 Å². The second kappa shape index (κ2) is 7.45. The minimum Gasteiger partial charge on any atom is -0.495 e. The zero-order valence-electron chi connectivity index (χ0n) is 13.5. The van der Waals surface area contributed by atoms with Crippen LogP contribution in [0, 0.1) is 0 Å². The summed E-state index contributed by atoms with van der Waals surface area (Å²) in [6, 6.07) is 11.7. The van der Waals surface area contributed by atoms with Gasteiger partial charge in [0.15, 0.2) is 5.96 Å². The standard InChI is InChI=1S/C18H20ClN3O2/c1-23-17-5-3-14(11-15(17)19)22-18(20)21-8-6-12-2-4-16-13(10-12)7-9-24-16/h2-5,10-11H,6-9H2,1H3,(H3,20,21,22). The number of hydrogen-bond donors (Lipinski definition) is 2. The molecule has 0 atom stereocenters. The number of nitrogens with one attached hydrogen (secondary N) is 1. The van der Waals surface area contributed by atoms with E-state index >= 15 is 0 Å². The Kier molecular flexibility index (Phi) is 5.11. The summed E-state index contributed by atoms with van der Waals surface area (Å²) in [5.74, 6) is 1.99. The Hall–Kier alpha value is -2.40. The van der Waals surface area contributed by atoms with Crippen molar-refractivity contribution in [1.82, 2.24) is 0 Å². The van der Waals surface area contributed by atoms with Crippen molar-refractivity contribution in [3.05, 3.63) is 52.5 Å². The fourth-order valence-electron chi connectivity index (χ4n) is 2.63. The molecule has 1 aliphatic rings. The highest BCUT2D eigenvalue weighted by atomic mass is 35.5. The van der Waals surface area contributed by atoms with Crippen LogP contribution in [-0.4, -0.2) is 26.2 Å². The van der Waals surface area contributed by atoms with E-state index in [1.54, 1.807) is 19.2 Å². The third-order valence-electron chi connectivity index (χ3n) is 3.86. The van der Waals surface area contributed by atoms with Crippen molar-refractivity contribution in [2.24, 2.45) is 10.7 Å². The summed E-state index contributed by atoms with van der Waals surface area (Å²) >= 11 is 6.09. The van der Waals surface area contributed by atoms with E-state index in [4.69, 9.17) is 26.8 Å². The zero-order chi connectivity index (χ0) is 16.9. The maximum atomic E-state index is 6.09. The number of anilines is 1. The van der Waals surface area contributed by atoms with E-state index in [1.165, 1.54) is 11.1 Å². The molecule has 5 nitrogen and oxygen atoms in total. The highest BCUT2D eigenvalue weighted by molar-refractivity contribution is 6.32. The Morgan fingerprint density at radius 3 is 3.00 bits per heavy atom. The summed E-state index contributed by atoms with van der Waals surface area (Å²) in [6.07, 6.45) is 1.81. The van der Waals surface area contributed by atoms with Crippen LogP contribution >= 0.6 is 11.6 Å². The second-order valence-electron chi connectivity index (χ2n) is 5.53. The van der Waals surface area contributed by atoms with Gasteiger partial charge in [0.05, 0.1) is 18.7 Å². The van der Waals surface area contributed by atoms with Crippen LogP contribution in [0.4, 0.5) is 5.69 Å². The molecule has 6 heteroatoms. The average molecular weight is 346 g/mol. The Bertz CT molecular complexity index is 762. The lowest BCUT2D eigenvalue weighted by Gasteiger charge is -2.08. The van der Waals surface area contributed by atoms with Gasteiger partial charge >= 0.3 is 0 Å². The second-order valence-corrected chi connectivity index (χ2v) is 5.94. The maximum absolute atomic E-state index is 6.09. The van der Waals surface area contributed by atoms with Crippen molar-refractivity contribution in [1.29, 1.82) is 0 Å². The topological polar surface area (TPSA) is 68.9 Å². The number of methoxy groups -OCH3 is 1. The van der Waals surface area contributed by atoms with E-state index < -0.39 is 0 Å². The number of fused-ring (bicyclic) bond motifs is 1. The number of rotatable bonds is 5. The van der Waals surface area contributed by atoms with Crippen molar-refractivity contribution in [2.75, 3.05) is 25.6 Å². The molecule has 3 N–H and O–H groups in total. The smallest absolute Gasteiger partial charge is 0.193 e. The monoisotopic (exact) mass is 345 g/mol. The van der Waals surface area contributed by atoms with E-state index in [1.807, 2.05) is 12.1 Å². The van der Waals surface area contributed by atoms with Gasteiger partial charge in [0.1, 0.15) is 11.5 Å². The van der Waals surface area contributed by atoms with Gasteiger partial charge in [-0.15, -0.1) is 0 Å². The molecule has 0 saturated heterocycles. The molecule has 0 unspecified atom stereocenters. The molecule has 0 spiro atoms. The molecule has 24 heavy (non-hydrogen) atoms. The van der Waals surface area contributed by atoms with E-state index in [0.717, 1.165) is 30.9 Å². The summed E-state index contributed by atoms with van der Waals surface area (Å²) in [7, 11) is 1.58. The van der Waals surface area contributed by atoms with Crippen LogP contribution in [0.1, 0.15) is 11.1 Å².